The van der Waals surface area contributed by atoms with Gasteiger partial charge in [0.1, 0.15) is 10.8 Å². The van der Waals surface area contributed by atoms with Crippen LogP contribution in [0, 0.1) is 19.7 Å². The van der Waals surface area contributed by atoms with Crippen molar-refractivity contribution >= 4 is 21.4 Å². The van der Waals surface area contributed by atoms with Gasteiger partial charge in [0.2, 0.25) is 10.0 Å². The summed E-state index contributed by atoms with van der Waals surface area (Å²) in [5.74, 6) is -0.452. The van der Waals surface area contributed by atoms with Gasteiger partial charge < -0.3 is 0 Å². The Morgan fingerprint density at radius 3 is 2.68 bits per heavy atom. The summed E-state index contributed by atoms with van der Waals surface area (Å²) in [6.07, 6.45) is 1.69. The van der Waals surface area contributed by atoms with E-state index in [9.17, 15) is 12.8 Å². The Morgan fingerprint density at radius 2 is 2.11 bits per heavy atom. The summed E-state index contributed by atoms with van der Waals surface area (Å²) in [5, 5.41) is 0.695. The fourth-order valence-corrected chi connectivity index (χ4v) is 3.66. The van der Waals surface area contributed by atoms with E-state index in [1.165, 1.54) is 23.5 Å². The van der Waals surface area contributed by atoms with Crippen molar-refractivity contribution < 1.29 is 12.8 Å². The van der Waals surface area contributed by atoms with Gasteiger partial charge in [-0.25, -0.2) is 22.5 Å². The van der Waals surface area contributed by atoms with Crippen molar-refractivity contribution in [3.63, 3.8) is 0 Å². The van der Waals surface area contributed by atoms with Gasteiger partial charge in [0.15, 0.2) is 0 Å². The summed E-state index contributed by atoms with van der Waals surface area (Å²) in [6.45, 7) is 3.60. The zero-order valence-electron chi connectivity index (χ0n) is 10.5. The summed E-state index contributed by atoms with van der Waals surface area (Å²) in [5.41, 5.74) is 0.378. The van der Waals surface area contributed by atoms with Gasteiger partial charge in [-0.15, -0.1) is 11.3 Å². The SMILES string of the molecule is Cc1cnc(CNS(=O)(=O)c2ccc(F)cc2C)s1. The minimum absolute atomic E-state index is 0.0854. The van der Waals surface area contributed by atoms with E-state index < -0.39 is 15.8 Å². The van der Waals surface area contributed by atoms with Crippen LogP contribution in [0.5, 0.6) is 0 Å². The third-order valence-electron chi connectivity index (χ3n) is 2.51. The summed E-state index contributed by atoms with van der Waals surface area (Å²) in [4.78, 5) is 5.19. The quantitative estimate of drug-likeness (QED) is 0.943. The molecule has 0 saturated carbocycles. The van der Waals surface area contributed by atoms with Gasteiger partial charge in [-0.2, -0.15) is 0 Å². The van der Waals surface area contributed by atoms with Crippen LogP contribution in [0.4, 0.5) is 4.39 Å². The van der Waals surface area contributed by atoms with E-state index in [1.807, 2.05) is 6.92 Å². The standard InChI is InChI=1S/C12H13FN2O2S2/c1-8-5-10(13)3-4-11(8)19(16,17)15-7-12-14-6-9(2)18-12/h3-6,15H,7H2,1-2H3. The average molecular weight is 300 g/mol. The number of nitrogens with one attached hydrogen (secondary N) is 1. The maximum atomic E-state index is 13.0. The molecular weight excluding hydrogens is 287 g/mol. The van der Waals surface area contributed by atoms with Crippen LogP contribution >= 0.6 is 11.3 Å². The first-order valence-corrected chi connectivity index (χ1v) is 7.85. The molecule has 0 unspecified atom stereocenters. The fraction of sp³-hybridized carbons (Fsp3) is 0.250. The smallest absolute Gasteiger partial charge is 0.241 e. The largest absolute Gasteiger partial charge is 0.248 e. The second kappa shape index (κ2) is 5.36. The molecule has 4 nitrogen and oxygen atoms in total. The van der Waals surface area contributed by atoms with Gasteiger partial charge in [-0.1, -0.05) is 0 Å². The van der Waals surface area contributed by atoms with Gasteiger partial charge in [0.05, 0.1) is 11.4 Å². The number of nitrogens with zero attached hydrogens (tertiary/aromatic N) is 1. The molecular formula is C12H13FN2O2S2. The first-order chi connectivity index (χ1) is 8.88. The van der Waals surface area contributed by atoms with Crippen molar-refractivity contribution in [1.29, 1.82) is 0 Å². The summed E-state index contributed by atoms with van der Waals surface area (Å²) >= 11 is 1.43. The van der Waals surface area contributed by atoms with Crippen molar-refractivity contribution in [2.75, 3.05) is 0 Å². The molecule has 2 rings (SSSR count). The van der Waals surface area contributed by atoms with Crippen LogP contribution in [-0.4, -0.2) is 13.4 Å². The Labute approximate surface area is 115 Å². The Balaban J connectivity index is 2.18. The molecule has 1 aromatic heterocycles. The predicted octanol–water partition coefficient (Wildman–Crippen LogP) is 2.38. The van der Waals surface area contributed by atoms with Crippen molar-refractivity contribution in [1.82, 2.24) is 9.71 Å². The lowest BCUT2D eigenvalue weighted by molar-refractivity contribution is 0.579. The number of sulfonamides is 1. The van der Waals surface area contributed by atoms with Gasteiger partial charge >= 0.3 is 0 Å². The second-order valence-corrected chi connectivity index (χ2v) is 7.15. The number of aryl methyl sites for hydroxylation is 2. The molecule has 0 aliphatic carbocycles. The number of rotatable bonds is 4. The Hall–Kier alpha value is -1.31. The van der Waals surface area contributed by atoms with Crippen molar-refractivity contribution in [2.24, 2.45) is 0 Å². The predicted molar refractivity (Wildman–Crippen MR) is 72.0 cm³/mol. The van der Waals surface area contributed by atoms with Crippen molar-refractivity contribution in [2.45, 2.75) is 25.3 Å². The highest BCUT2D eigenvalue weighted by Crippen LogP contribution is 2.17. The lowest BCUT2D eigenvalue weighted by atomic mass is 10.2. The van der Waals surface area contributed by atoms with Gasteiger partial charge in [0, 0.05) is 11.1 Å². The molecule has 0 saturated heterocycles. The normalized spacial score (nSPS) is 11.7. The molecule has 0 radical (unpaired) electrons. The van der Waals surface area contributed by atoms with Crippen LogP contribution in [0.1, 0.15) is 15.4 Å². The van der Waals surface area contributed by atoms with Crippen LogP contribution in [0.3, 0.4) is 0 Å². The van der Waals surface area contributed by atoms with Crippen LogP contribution in [-0.2, 0) is 16.6 Å². The zero-order chi connectivity index (χ0) is 14.0. The lowest BCUT2D eigenvalue weighted by Crippen LogP contribution is -2.24. The van der Waals surface area contributed by atoms with E-state index in [0.717, 1.165) is 10.9 Å². The van der Waals surface area contributed by atoms with E-state index in [1.54, 1.807) is 13.1 Å². The topological polar surface area (TPSA) is 59.1 Å². The molecule has 0 spiro atoms. The zero-order valence-corrected chi connectivity index (χ0v) is 12.1. The molecule has 19 heavy (non-hydrogen) atoms. The maximum absolute atomic E-state index is 13.0. The summed E-state index contributed by atoms with van der Waals surface area (Å²) in [6, 6.07) is 3.59. The number of hydrogen-bond acceptors (Lipinski definition) is 4. The molecule has 1 heterocycles. The van der Waals surface area contributed by atoms with Crippen LogP contribution in [0.2, 0.25) is 0 Å². The van der Waals surface area contributed by atoms with Crippen molar-refractivity contribution in [3.05, 3.63) is 45.7 Å². The van der Waals surface area contributed by atoms with E-state index in [-0.39, 0.29) is 11.4 Å². The van der Waals surface area contributed by atoms with E-state index in [0.29, 0.717) is 10.6 Å². The third-order valence-corrected chi connectivity index (χ3v) is 4.98. The molecule has 7 heteroatoms. The molecule has 102 valence electrons. The van der Waals surface area contributed by atoms with Crippen molar-refractivity contribution in [3.8, 4) is 0 Å². The molecule has 0 amide bonds. The molecule has 2 aromatic rings. The highest BCUT2D eigenvalue weighted by atomic mass is 32.2. The third kappa shape index (κ3) is 3.37. The molecule has 1 aromatic carbocycles. The van der Waals surface area contributed by atoms with Crippen LogP contribution < -0.4 is 4.72 Å². The first-order valence-electron chi connectivity index (χ1n) is 5.55. The monoisotopic (exact) mass is 300 g/mol. The number of aromatic nitrogens is 1. The summed E-state index contributed by atoms with van der Waals surface area (Å²) < 4.78 is 39.6. The lowest BCUT2D eigenvalue weighted by Gasteiger charge is -2.08. The highest BCUT2D eigenvalue weighted by molar-refractivity contribution is 7.89. The molecule has 0 aliphatic heterocycles. The minimum Gasteiger partial charge on any atom is -0.248 e. The molecule has 0 atom stereocenters. The molecule has 1 N–H and O–H groups in total. The second-order valence-electron chi connectivity index (χ2n) is 4.10. The van der Waals surface area contributed by atoms with Gasteiger partial charge in [-0.3, -0.25) is 0 Å². The highest BCUT2D eigenvalue weighted by Gasteiger charge is 2.17. The number of benzene rings is 1. The minimum atomic E-state index is -3.65. The number of hydrogen-bond donors (Lipinski definition) is 1. The van der Waals surface area contributed by atoms with E-state index >= 15 is 0 Å². The Kier molecular flexibility index (Phi) is 3.98. The molecule has 0 aliphatic rings. The summed E-state index contributed by atoms with van der Waals surface area (Å²) in [7, 11) is -3.65. The Morgan fingerprint density at radius 1 is 1.37 bits per heavy atom. The maximum Gasteiger partial charge on any atom is 0.241 e. The number of thiazole rings is 1. The van der Waals surface area contributed by atoms with Gasteiger partial charge in [-0.05, 0) is 37.6 Å². The van der Waals surface area contributed by atoms with Crippen LogP contribution in [0.25, 0.3) is 0 Å². The molecule has 0 fully saturated rings. The average Bonchev–Trinajstić information content (AvgIpc) is 2.72. The van der Waals surface area contributed by atoms with E-state index in [2.05, 4.69) is 9.71 Å². The number of halogens is 1. The first kappa shape index (κ1) is 14.1. The Bertz CT molecular complexity index is 696. The van der Waals surface area contributed by atoms with Gasteiger partial charge in [0.25, 0.3) is 0 Å². The van der Waals surface area contributed by atoms with E-state index in [4.69, 9.17) is 0 Å². The molecule has 0 bridgehead atoms. The fourth-order valence-electron chi connectivity index (χ4n) is 1.63. The van der Waals surface area contributed by atoms with Crippen LogP contribution in [0.15, 0.2) is 29.3 Å².